The van der Waals surface area contributed by atoms with Crippen molar-refractivity contribution in [2.24, 2.45) is 0 Å². The molecule has 0 atom stereocenters. The van der Waals surface area contributed by atoms with Crippen LogP contribution in [0, 0.1) is 6.92 Å². The van der Waals surface area contributed by atoms with E-state index in [0.717, 1.165) is 11.5 Å². The summed E-state index contributed by atoms with van der Waals surface area (Å²) in [7, 11) is 1.69. The lowest BCUT2D eigenvalue weighted by Crippen LogP contribution is -2.10. The van der Waals surface area contributed by atoms with Gasteiger partial charge in [-0.1, -0.05) is 104 Å². The van der Waals surface area contributed by atoms with Gasteiger partial charge in [-0.15, -0.1) is 0 Å². The van der Waals surface area contributed by atoms with Crippen LogP contribution in [0.5, 0.6) is 5.75 Å². The first-order valence-electron chi connectivity index (χ1n) is 11.4. The molecule has 1 aromatic heterocycles. The number of benzene rings is 2. The van der Waals surface area contributed by atoms with Crippen molar-refractivity contribution in [1.29, 1.82) is 0 Å². The second-order valence-electron chi connectivity index (χ2n) is 11.3. The summed E-state index contributed by atoms with van der Waals surface area (Å²) in [6.45, 7) is 21.8. The number of hydrogen-bond acceptors (Lipinski definition) is 2. The number of hydrogen-bond donors (Lipinski definition) is 0. The van der Waals surface area contributed by atoms with Crippen LogP contribution in [0.2, 0.25) is 0 Å². The third kappa shape index (κ3) is 9.77. The normalized spacial score (nSPS) is 11.6. The minimum atomic E-state index is 0.156. The molecule has 3 rings (SSSR count). The summed E-state index contributed by atoms with van der Waals surface area (Å²) < 4.78 is 10.3. The third-order valence-corrected chi connectivity index (χ3v) is 5.13. The molecule has 2 heteroatoms. The van der Waals surface area contributed by atoms with E-state index >= 15 is 0 Å². The fourth-order valence-electron chi connectivity index (χ4n) is 2.85. The van der Waals surface area contributed by atoms with Gasteiger partial charge >= 0.3 is 0 Å². The van der Waals surface area contributed by atoms with Crippen molar-refractivity contribution in [2.45, 2.75) is 85.5 Å². The zero-order valence-corrected chi connectivity index (χ0v) is 22.2. The van der Waals surface area contributed by atoms with Gasteiger partial charge < -0.3 is 9.15 Å². The van der Waals surface area contributed by atoms with E-state index in [9.17, 15) is 0 Å². The van der Waals surface area contributed by atoms with Gasteiger partial charge in [-0.2, -0.15) is 0 Å². The van der Waals surface area contributed by atoms with Crippen molar-refractivity contribution in [1.82, 2.24) is 0 Å². The fourth-order valence-corrected chi connectivity index (χ4v) is 2.85. The van der Waals surface area contributed by atoms with E-state index in [1.165, 1.54) is 16.7 Å². The smallest absolute Gasteiger partial charge is 0.118 e. The second kappa shape index (κ2) is 11.4. The molecule has 176 valence electrons. The molecule has 0 bridgehead atoms. The van der Waals surface area contributed by atoms with Crippen molar-refractivity contribution in [3.8, 4) is 5.75 Å². The van der Waals surface area contributed by atoms with E-state index in [1.807, 2.05) is 24.3 Å². The molecule has 0 saturated heterocycles. The molecular weight excluding hydrogens is 392 g/mol. The Hall–Kier alpha value is -2.48. The van der Waals surface area contributed by atoms with E-state index in [-0.39, 0.29) is 16.2 Å². The van der Waals surface area contributed by atoms with Crippen molar-refractivity contribution >= 4 is 0 Å². The topological polar surface area (TPSA) is 22.4 Å². The Morgan fingerprint density at radius 1 is 0.594 bits per heavy atom. The largest absolute Gasteiger partial charge is 0.497 e. The molecule has 3 aromatic rings. The maximum absolute atomic E-state index is 5.20. The van der Waals surface area contributed by atoms with E-state index in [4.69, 9.17) is 9.15 Å². The van der Waals surface area contributed by atoms with Gasteiger partial charge in [0.1, 0.15) is 11.5 Å². The van der Waals surface area contributed by atoms with Crippen LogP contribution in [0.25, 0.3) is 0 Å². The molecule has 0 N–H and O–H groups in total. The first-order chi connectivity index (χ1) is 14.6. The van der Waals surface area contributed by atoms with Crippen molar-refractivity contribution in [3.63, 3.8) is 0 Å². The number of ether oxygens (including phenoxy) is 1. The summed E-state index contributed by atoms with van der Waals surface area (Å²) in [6.07, 6.45) is 1.71. The van der Waals surface area contributed by atoms with Crippen LogP contribution >= 0.6 is 0 Å². The Morgan fingerprint density at radius 3 is 1.31 bits per heavy atom. The SMILES string of the molecule is CC(C)(C)c1ccco1.COc1ccc(C(C)(C)C)cc1.Cc1ccc(C(C)(C)C)cc1. The van der Waals surface area contributed by atoms with E-state index in [1.54, 1.807) is 13.4 Å². The highest BCUT2D eigenvalue weighted by molar-refractivity contribution is 5.31. The number of aryl methyl sites for hydroxylation is 1. The molecule has 2 aromatic carbocycles. The average Bonchev–Trinajstić information content (AvgIpc) is 3.23. The lowest BCUT2D eigenvalue weighted by atomic mass is 9.87. The second-order valence-corrected chi connectivity index (χ2v) is 11.3. The maximum atomic E-state index is 5.20. The van der Waals surface area contributed by atoms with E-state index in [2.05, 4.69) is 106 Å². The first kappa shape index (κ1) is 27.6. The fraction of sp³-hybridized carbons (Fsp3) is 0.467. The Kier molecular flexibility index (Phi) is 9.82. The Labute approximate surface area is 197 Å². The summed E-state index contributed by atoms with van der Waals surface area (Å²) in [6, 6.07) is 20.9. The summed E-state index contributed by atoms with van der Waals surface area (Å²) in [5.74, 6) is 1.96. The molecule has 0 aliphatic rings. The molecular formula is C30H44O2. The van der Waals surface area contributed by atoms with Gasteiger partial charge in [0.2, 0.25) is 0 Å². The van der Waals surface area contributed by atoms with Crippen LogP contribution in [-0.2, 0) is 16.2 Å². The van der Waals surface area contributed by atoms with Gasteiger partial charge in [-0.3, -0.25) is 0 Å². The van der Waals surface area contributed by atoms with E-state index in [0.29, 0.717) is 0 Å². The number of rotatable bonds is 1. The van der Waals surface area contributed by atoms with Gasteiger partial charge in [0, 0.05) is 5.41 Å². The predicted octanol–water partition coefficient (Wildman–Crippen LogP) is 8.86. The molecule has 0 unspecified atom stereocenters. The Bertz CT molecular complexity index is 880. The quantitative estimate of drug-likeness (QED) is 0.380. The summed E-state index contributed by atoms with van der Waals surface area (Å²) in [5.41, 5.74) is 4.74. The molecule has 32 heavy (non-hydrogen) atoms. The van der Waals surface area contributed by atoms with Gasteiger partial charge in [0.25, 0.3) is 0 Å². The highest BCUT2D eigenvalue weighted by Gasteiger charge is 2.15. The molecule has 1 heterocycles. The van der Waals surface area contributed by atoms with E-state index < -0.39 is 0 Å². The molecule has 0 aliphatic carbocycles. The van der Waals surface area contributed by atoms with Gasteiger partial charge in [-0.05, 0) is 53.1 Å². The minimum Gasteiger partial charge on any atom is -0.497 e. The predicted molar refractivity (Wildman–Crippen MR) is 139 cm³/mol. The van der Waals surface area contributed by atoms with Crippen molar-refractivity contribution in [2.75, 3.05) is 7.11 Å². The molecule has 0 spiro atoms. The first-order valence-corrected chi connectivity index (χ1v) is 11.4. The van der Waals surface area contributed by atoms with Crippen LogP contribution < -0.4 is 4.74 Å². The average molecular weight is 437 g/mol. The molecule has 2 nitrogen and oxygen atoms in total. The van der Waals surface area contributed by atoms with Gasteiger partial charge in [-0.25, -0.2) is 0 Å². The van der Waals surface area contributed by atoms with Crippen molar-refractivity contribution < 1.29 is 9.15 Å². The highest BCUT2D eigenvalue weighted by atomic mass is 16.5. The lowest BCUT2D eigenvalue weighted by Gasteiger charge is -2.18. The Balaban J connectivity index is 0.000000242. The Morgan fingerprint density at radius 2 is 1.03 bits per heavy atom. The van der Waals surface area contributed by atoms with Gasteiger partial charge in [0.15, 0.2) is 0 Å². The monoisotopic (exact) mass is 436 g/mol. The third-order valence-electron chi connectivity index (χ3n) is 5.13. The number of furan rings is 1. The standard InChI is InChI=1S/C11H16O.C11H16.C8H12O/c1-11(2,3)9-5-7-10(12-4)8-6-9;1-9-5-7-10(8-6-9)11(2,3)4;1-8(2,3)7-5-4-6-9-7/h5-8H,1-4H3;5-8H,1-4H3;4-6H,1-3H3. The number of methoxy groups -OCH3 is 1. The van der Waals surface area contributed by atoms with Crippen LogP contribution in [-0.4, -0.2) is 7.11 Å². The lowest BCUT2D eigenvalue weighted by molar-refractivity contribution is 0.409. The van der Waals surface area contributed by atoms with Gasteiger partial charge in [0.05, 0.1) is 13.4 Å². The van der Waals surface area contributed by atoms with Crippen LogP contribution in [0.1, 0.15) is 84.8 Å². The minimum absolute atomic E-state index is 0.156. The van der Waals surface area contributed by atoms with Crippen LogP contribution in [0.3, 0.4) is 0 Å². The molecule has 0 fully saturated rings. The highest BCUT2D eigenvalue weighted by Crippen LogP contribution is 2.24. The molecule has 0 aliphatic heterocycles. The van der Waals surface area contributed by atoms with Crippen LogP contribution in [0.15, 0.2) is 71.3 Å². The van der Waals surface area contributed by atoms with Crippen molar-refractivity contribution in [3.05, 3.63) is 89.4 Å². The zero-order chi connectivity index (χ0) is 24.6. The zero-order valence-electron chi connectivity index (χ0n) is 22.2. The summed E-state index contributed by atoms with van der Waals surface area (Å²) in [4.78, 5) is 0. The van der Waals surface area contributed by atoms with Crippen LogP contribution in [0.4, 0.5) is 0 Å². The maximum Gasteiger partial charge on any atom is 0.118 e. The molecule has 0 amide bonds. The molecule has 0 saturated carbocycles. The summed E-state index contributed by atoms with van der Waals surface area (Å²) in [5, 5.41) is 0. The molecule has 0 radical (unpaired) electrons. The summed E-state index contributed by atoms with van der Waals surface area (Å²) >= 11 is 0.